The Balaban J connectivity index is 1.56. The highest BCUT2D eigenvalue weighted by Crippen LogP contribution is 2.29. The predicted octanol–water partition coefficient (Wildman–Crippen LogP) is 3.45. The van der Waals surface area contributed by atoms with E-state index in [1.807, 2.05) is 0 Å². The van der Waals surface area contributed by atoms with Gasteiger partial charge >= 0.3 is 0 Å². The monoisotopic (exact) mass is 454 g/mol. The summed E-state index contributed by atoms with van der Waals surface area (Å²) in [5, 5.41) is 0. The van der Waals surface area contributed by atoms with Crippen molar-refractivity contribution in [3.05, 3.63) is 64.4 Å². The molecule has 0 atom stereocenters. The second kappa shape index (κ2) is 8.50. The normalized spacial score (nSPS) is 14.1. The molecule has 1 aliphatic carbocycles. The third-order valence-electron chi connectivity index (χ3n) is 4.33. The Kier molecular flexibility index (Phi) is 6.29. The van der Waals surface area contributed by atoms with Crippen LogP contribution in [0.5, 0.6) is 0 Å². The summed E-state index contributed by atoms with van der Waals surface area (Å²) in [5.74, 6) is -0.425. The lowest BCUT2D eigenvalue weighted by molar-refractivity contribution is -0.132. The van der Waals surface area contributed by atoms with Gasteiger partial charge in [-0.15, -0.1) is 0 Å². The van der Waals surface area contributed by atoms with Crippen LogP contribution >= 0.6 is 15.9 Å². The van der Waals surface area contributed by atoms with E-state index in [1.54, 1.807) is 29.2 Å². The van der Waals surface area contributed by atoms with Gasteiger partial charge in [-0.1, -0.05) is 28.1 Å². The Morgan fingerprint density at radius 1 is 1.11 bits per heavy atom. The number of nitrogens with zero attached hydrogens (tertiary/aromatic N) is 1. The van der Waals surface area contributed by atoms with Gasteiger partial charge in [-0.25, -0.2) is 17.5 Å². The summed E-state index contributed by atoms with van der Waals surface area (Å²) in [6.07, 6.45) is 1.96. The Morgan fingerprint density at radius 3 is 2.33 bits per heavy atom. The van der Waals surface area contributed by atoms with Crippen molar-refractivity contribution < 1.29 is 17.6 Å². The van der Waals surface area contributed by atoms with E-state index < -0.39 is 10.0 Å². The van der Waals surface area contributed by atoms with Gasteiger partial charge in [-0.05, 0) is 54.8 Å². The van der Waals surface area contributed by atoms with Crippen LogP contribution in [0.25, 0.3) is 0 Å². The van der Waals surface area contributed by atoms with Gasteiger partial charge in [-0.3, -0.25) is 4.79 Å². The fourth-order valence-corrected chi connectivity index (χ4v) is 4.02. The lowest BCUT2D eigenvalue weighted by Crippen LogP contribution is -2.35. The molecule has 1 amide bonds. The molecule has 1 fully saturated rings. The van der Waals surface area contributed by atoms with E-state index in [9.17, 15) is 17.6 Å². The van der Waals surface area contributed by atoms with E-state index >= 15 is 0 Å². The number of rotatable bonds is 8. The van der Waals surface area contributed by atoms with Crippen molar-refractivity contribution in [2.24, 2.45) is 0 Å². The van der Waals surface area contributed by atoms with Crippen molar-refractivity contribution in [1.29, 1.82) is 0 Å². The minimum atomic E-state index is -3.65. The average molecular weight is 455 g/mol. The number of hydrogen-bond acceptors (Lipinski definition) is 3. The fourth-order valence-electron chi connectivity index (χ4n) is 2.73. The van der Waals surface area contributed by atoms with Crippen LogP contribution in [0.4, 0.5) is 4.39 Å². The minimum absolute atomic E-state index is 0.0316. The number of halogens is 2. The molecular formula is C19H20BrFN2O3S. The van der Waals surface area contributed by atoms with E-state index in [0.717, 1.165) is 22.9 Å². The number of hydrogen-bond donors (Lipinski definition) is 1. The van der Waals surface area contributed by atoms with E-state index in [1.165, 1.54) is 24.3 Å². The smallest absolute Gasteiger partial charge is 0.240 e. The summed E-state index contributed by atoms with van der Waals surface area (Å²) < 4.78 is 40.9. The highest BCUT2D eigenvalue weighted by molar-refractivity contribution is 9.10. The SMILES string of the molecule is O=C(CCNS(=O)(=O)c1ccc(Br)cc1)N(Cc1ccc(F)cc1)C1CC1. The first-order chi connectivity index (χ1) is 12.8. The molecule has 3 rings (SSSR count). The second-order valence-electron chi connectivity index (χ2n) is 6.48. The van der Waals surface area contributed by atoms with Crippen LogP contribution in [0.2, 0.25) is 0 Å². The van der Waals surface area contributed by atoms with Gasteiger partial charge < -0.3 is 4.90 Å². The molecule has 0 spiro atoms. The van der Waals surface area contributed by atoms with Crippen molar-refractivity contribution in [2.45, 2.75) is 36.7 Å². The van der Waals surface area contributed by atoms with Crippen LogP contribution in [0.1, 0.15) is 24.8 Å². The van der Waals surface area contributed by atoms with Gasteiger partial charge in [0.15, 0.2) is 0 Å². The van der Waals surface area contributed by atoms with Crippen molar-refractivity contribution in [3.63, 3.8) is 0 Å². The predicted molar refractivity (Wildman–Crippen MR) is 104 cm³/mol. The van der Waals surface area contributed by atoms with Crippen LogP contribution in [-0.2, 0) is 21.4 Å². The Labute approximate surface area is 166 Å². The van der Waals surface area contributed by atoms with Crippen molar-refractivity contribution in [2.75, 3.05) is 6.54 Å². The number of amides is 1. The molecule has 0 radical (unpaired) electrons. The number of nitrogens with one attached hydrogen (secondary N) is 1. The molecule has 8 heteroatoms. The van der Waals surface area contributed by atoms with E-state index in [0.29, 0.717) is 6.54 Å². The maximum absolute atomic E-state index is 13.0. The minimum Gasteiger partial charge on any atom is -0.335 e. The van der Waals surface area contributed by atoms with Gasteiger partial charge in [0.1, 0.15) is 5.82 Å². The zero-order chi connectivity index (χ0) is 19.4. The molecular weight excluding hydrogens is 435 g/mol. The molecule has 5 nitrogen and oxygen atoms in total. The molecule has 0 saturated heterocycles. The summed E-state index contributed by atoms with van der Waals surface area (Å²) in [5.41, 5.74) is 0.854. The Bertz CT molecular complexity index is 898. The Hall–Kier alpha value is -1.77. The standard InChI is InChI=1S/C19H20BrFN2O3S/c20-15-3-9-18(10-4-15)27(25,26)22-12-11-19(24)23(17-7-8-17)13-14-1-5-16(21)6-2-14/h1-6,9-10,17,22H,7-8,11-13H2. The highest BCUT2D eigenvalue weighted by Gasteiger charge is 2.32. The highest BCUT2D eigenvalue weighted by atomic mass is 79.9. The van der Waals surface area contributed by atoms with Gasteiger partial charge in [-0.2, -0.15) is 0 Å². The fraction of sp³-hybridized carbons (Fsp3) is 0.316. The number of carbonyl (C=O) groups is 1. The molecule has 1 saturated carbocycles. The molecule has 0 unspecified atom stereocenters. The van der Waals surface area contributed by atoms with Crippen LogP contribution in [-0.4, -0.2) is 31.8 Å². The van der Waals surface area contributed by atoms with E-state index in [2.05, 4.69) is 20.7 Å². The summed E-state index contributed by atoms with van der Waals surface area (Å²) in [6, 6.07) is 12.6. The summed E-state index contributed by atoms with van der Waals surface area (Å²) >= 11 is 3.26. The maximum Gasteiger partial charge on any atom is 0.240 e. The molecule has 144 valence electrons. The van der Waals surface area contributed by atoms with Gasteiger partial charge in [0.2, 0.25) is 15.9 Å². The van der Waals surface area contributed by atoms with E-state index in [4.69, 9.17) is 0 Å². The van der Waals surface area contributed by atoms with Crippen LogP contribution < -0.4 is 4.72 Å². The first-order valence-electron chi connectivity index (χ1n) is 8.64. The van der Waals surface area contributed by atoms with Crippen molar-refractivity contribution >= 4 is 31.9 Å². The zero-order valence-corrected chi connectivity index (χ0v) is 17.0. The number of sulfonamides is 1. The second-order valence-corrected chi connectivity index (χ2v) is 9.16. The van der Waals surface area contributed by atoms with Crippen molar-refractivity contribution in [3.8, 4) is 0 Å². The van der Waals surface area contributed by atoms with Crippen LogP contribution in [0.3, 0.4) is 0 Å². The Morgan fingerprint density at radius 2 is 1.74 bits per heavy atom. The van der Waals surface area contributed by atoms with E-state index in [-0.39, 0.29) is 35.6 Å². The largest absolute Gasteiger partial charge is 0.335 e. The maximum atomic E-state index is 13.0. The molecule has 2 aromatic carbocycles. The average Bonchev–Trinajstić information content (AvgIpc) is 3.46. The van der Waals surface area contributed by atoms with Crippen LogP contribution in [0.15, 0.2) is 57.9 Å². The third kappa shape index (κ3) is 5.60. The molecule has 1 N–H and O–H groups in total. The third-order valence-corrected chi connectivity index (χ3v) is 6.33. The summed E-state index contributed by atoms with van der Waals surface area (Å²) in [7, 11) is -3.65. The van der Waals surface area contributed by atoms with Gasteiger partial charge in [0, 0.05) is 30.0 Å². The molecule has 0 heterocycles. The molecule has 0 aliphatic heterocycles. The first kappa shape index (κ1) is 20.0. The molecule has 2 aromatic rings. The molecule has 0 bridgehead atoms. The van der Waals surface area contributed by atoms with Crippen molar-refractivity contribution in [1.82, 2.24) is 9.62 Å². The number of carbonyl (C=O) groups excluding carboxylic acids is 1. The van der Waals surface area contributed by atoms with Gasteiger partial charge in [0.05, 0.1) is 4.90 Å². The summed E-state index contributed by atoms with van der Waals surface area (Å²) in [4.78, 5) is 14.5. The summed E-state index contributed by atoms with van der Waals surface area (Å²) in [6.45, 7) is 0.438. The zero-order valence-electron chi connectivity index (χ0n) is 14.6. The quantitative estimate of drug-likeness (QED) is 0.663. The number of benzene rings is 2. The molecule has 27 heavy (non-hydrogen) atoms. The van der Waals surface area contributed by atoms with Gasteiger partial charge in [0.25, 0.3) is 0 Å². The topological polar surface area (TPSA) is 66.5 Å². The lowest BCUT2D eigenvalue weighted by Gasteiger charge is -2.22. The lowest BCUT2D eigenvalue weighted by atomic mass is 10.2. The first-order valence-corrected chi connectivity index (χ1v) is 10.9. The molecule has 0 aromatic heterocycles. The molecule has 1 aliphatic rings. The van der Waals surface area contributed by atoms with Crippen LogP contribution in [0, 0.1) is 5.82 Å².